The lowest BCUT2D eigenvalue weighted by Crippen LogP contribution is -2.18. The minimum atomic E-state index is -0.236. The molecule has 0 saturated heterocycles. The predicted molar refractivity (Wildman–Crippen MR) is 21.0 cm³/mol. The van der Waals surface area contributed by atoms with Crippen molar-refractivity contribution in [1.29, 1.82) is 0 Å². The molecule has 0 bridgehead atoms. The van der Waals surface area contributed by atoms with Gasteiger partial charge in [-0.15, -0.1) is 0 Å². The maximum absolute atomic E-state index is 6.36. The van der Waals surface area contributed by atoms with Crippen molar-refractivity contribution in [3.8, 4) is 0 Å². The summed E-state index contributed by atoms with van der Waals surface area (Å²) in [5.41, 5.74) is 1.85. The summed E-state index contributed by atoms with van der Waals surface area (Å²) in [5.74, 6) is 0. The first-order chi connectivity index (χ1) is 3.18. The molecule has 0 heterocycles. The maximum Gasteiger partial charge on any atom is 0.160 e. The summed E-state index contributed by atoms with van der Waals surface area (Å²) in [6.07, 6.45) is 0. The molecule has 0 fully saturated rings. The van der Waals surface area contributed by atoms with E-state index in [1.165, 1.54) is 0 Å². The monoisotopic (exact) mass is 82.0 g/mol. The van der Waals surface area contributed by atoms with Gasteiger partial charge in [0.25, 0.3) is 0 Å². The van der Waals surface area contributed by atoms with Crippen molar-refractivity contribution in [2.75, 3.05) is 0 Å². The van der Waals surface area contributed by atoms with Gasteiger partial charge in [0.15, 0.2) is 9.35 Å². The largest absolute Gasteiger partial charge is 0.377 e. The van der Waals surface area contributed by atoms with E-state index in [0.29, 0.717) is 0 Å². The summed E-state index contributed by atoms with van der Waals surface area (Å²) < 4.78 is 19.0. The fraction of sp³-hybridized carbons (Fsp3) is 0. The minimum absolute atomic E-state index is 0.155. The number of rotatable bonds is 0. The van der Waals surface area contributed by atoms with Crippen molar-refractivity contribution < 1.29 is 4.24 Å². The van der Waals surface area contributed by atoms with Crippen LogP contribution in [-0.4, -0.2) is 5.11 Å². The third kappa shape index (κ3) is 8.37. The van der Waals surface area contributed by atoms with E-state index in [9.17, 15) is 0 Å². The molecule has 0 aliphatic rings. The average molecular weight is 82.1 g/mol. The third-order valence-corrected chi connectivity index (χ3v) is 0. The summed E-state index contributed by atoms with van der Waals surface area (Å²) in [6.45, 7) is 0. The van der Waals surface area contributed by atoms with Gasteiger partial charge in [-0.25, -0.2) is 0 Å². The summed E-state index contributed by atoms with van der Waals surface area (Å²) in [4.78, 5) is 0. The quantitative estimate of drug-likeness (QED) is 0.376. The topological polar surface area (TPSA) is 52.0 Å². The van der Waals surface area contributed by atoms with E-state index in [4.69, 9.17) is 4.24 Å². The van der Waals surface area contributed by atoms with E-state index in [0.717, 1.165) is 0 Å². The molecule has 0 aliphatic carbocycles. The number of hydrogen-bond acceptors (Lipinski definition) is 1. The summed E-state index contributed by atoms with van der Waals surface area (Å²) >= 11 is 4.23. The SMILES string of the molecule is [3H]NC(=S)N([3H])[3H]. The van der Waals surface area contributed by atoms with Crippen molar-refractivity contribution in [2.45, 2.75) is 0 Å². The molecule has 0 atom stereocenters. The van der Waals surface area contributed by atoms with Crippen LogP contribution in [0.5, 0.6) is 0 Å². The van der Waals surface area contributed by atoms with Crippen LogP contribution < -0.4 is 11.4 Å². The number of hydrogen-bond donors (Lipinski definition) is 2. The fourth-order valence-electron chi connectivity index (χ4n) is 0. The van der Waals surface area contributed by atoms with Gasteiger partial charge < -0.3 is 11.4 Å². The molecule has 4 N–H and O–H groups in total. The molecule has 0 saturated carbocycles. The Morgan fingerprint density at radius 3 is 3.00 bits per heavy atom. The van der Waals surface area contributed by atoms with E-state index < -0.39 is 0 Å². The van der Waals surface area contributed by atoms with Gasteiger partial charge in [0.1, 0.15) is 0 Å². The molecular weight excluding hydrogens is 72.1 g/mol. The number of thiocarbonyl (C=S) groups is 1. The van der Waals surface area contributed by atoms with E-state index in [2.05, 4.69) is 12.2 Å². The Morgan fingerprint density at radius 2 is 3.00 bits per heavy atom. The normalized spacial score (nSPS) is 14.5. The Balaban J connectivity index is 3.35. The molecule has 0 aromatic rings. The standard InChI is InChI=1S/CH4N2S/c2-1(3)4/h(H4,2,3,4)/i/hT3. The van der Waals surface area contributed by atoms with Crippen LogP contribution in [0.25, 0.3) is 0 Å². The molecule has 0 spiro atoms. The van der Waals surface area contributed by atoms with Crippen LogP contribution in [0.3, 0.4) is 0 Å². The van der Waals surface area contributed by atoms with Gasteiger partial charge in [0.2, 0.25) is 0 Å². The van der Waals surface area contributed by atoms with Crippen LogP contribution in [0.4, 0.5) is 0 Å². The predicted octanol–water partition coefficient (Wildman–Crippen LogP) is -0.811. The van der Waals surface area contributed by atoms with Gasteiger partial charge in [0.05, 0.1) is 0 Å². The summed E-state index contributed by atoms with van der Waals surface area (Å²) in [7, 11) is 0. The second-order valence-electron chi connectivity index (χ2n) is 0.305. The zero-order valence-electron chi connectivity index (χ0n) is 4.86. The zero-order valence-corrected chi connectivity index (χ0v) is 2.67. The minimum Gasteiger partial charge on any atom is -0.377 e. The van der Waals surface area contributed by atoms with Crippen molar-refractivity contribution in [3.63, 3.8) is 0 Å². The first-order valence-electron chi connectivity index (χ1n) is 2.07. The van der Waals surface area contributed by atoms with Gasteiger partial charge in [-0.1, -0.05) is 0 Å². The van der Waals surface area contributed by atoms with Crippen molar-refractivity contribution in [1.82, 2.24) is 0 Å². The van der Waals surface area contributed by atoms with E-state index in [1.807, 2.05) is 0 Å². The molecule has 2 nitrogen and oxygen atoms in total. The molecule has 3 heteroatoms. The highest BCUT2D eigenvalue weighted by Gasteiger charge is 1.53. The Morgan fingerprint density at radius 1 is 2.25 bits per heavy atom. The first-order valence-corrected chi connectivity index (χ1v) is 1.09. The van der Waals surface area contributed by atoms with E-state index in [1.54, 1.807) is 5.73 Å². The lowest BCUT2D eigenvalue weighted by Gasteiger charge is -1.68. The second kappa shape index (κ2) is 1.06. The highest BCUT2D eigenvalue weighted by molar-refractivity contribution is 7.80. The van der Waals surface area contributed by atoms with Crippen LogP contribution in [0.15, 0.2) is 0 Å². The molecule has 0 amide bonds. The van der Waals surface area contributed by atoms with Crippen LogP contribution in [-0.2, 0) is 0 Å². The van der Waals surface area contributed by atoms with Gasteiger partial charge in [-0.3, -0.25) is 0 Å². The Hall–Kier alpha value is -0.310. The Kier molecular flexibility index (Phi) is 0.219. The Bertz CT molecular complexity index is 73.3. The molecule has 4 heavy (non-hydrogen) atoms. The van der Waals surface area contributed by atoms with E-state index >= 15 is 0 Å². The fourth-order valence-corrected chi connectivity index (χ4v) is 0. The number of nitrogens with two attached hydrogens (primary N) is 2. The molecule has 0 rings (SSSR count). The lowest BCUT2D eigenvalue weighted by molar-refractivity contribution is 1.65. The average Bonchev–Trinajstić information content (AvgIpc) is 1.65. The molecule has 0 unspecified atom stereocenters. The smallest absolute Gasteiger partial charge is 0.160 e. The van der Waals surface area contributed by atoms with Gasteiger partial charge in [-0.05, 0) is 12.2 Å². The third-order valence-electron chi connectivity index (χ3n) is 0. The second-order valence-corrected chi connectivity index (χ2v) is 0.692. The summed E-state index contributed by atoms with van der Waals surface area (Å²) in [6, 6.07) is 0. The highest BCUT2D eigenvalue weighted by Crippen LogP contribution is 1.32. The van der Waals surface area contributed by atoms with Gasteiger partial charge >= 0.3 is 0 Å². The Labute approximate surface area is 34.2 Å². The molecule has 0 aromatic carbocycles. The molecular formula is CH4N2S. The first kappa shape index (κ1) is 0.825. The zero-order chi connectivity index (χ0) is 5.86. The van der Waals surface area contributed by atoms with Crippen LogP contribution in [0, 0.1) is 0 Å². The van der Waals surface area contributed by atoms with Crippen molar-refractivity contribution in [2.24, 2.45) is 11.4 Å². The van der Waals surface area contributed by atoms with Crippen molar-refractivity contribution >= 4 is 17.3 Å². The molecule has 0 radical (unpaired) electrons. The highest BCUT2D eigenvalue weighted by atomic mass is 32.1. The molecule has 0 aliphatic heterocycles. The van der Waals surface area contributed by atoms with Gasteiger partial charge in [-0.2, -0.15) is 0 Å². The van der Waals surface area contributed by atoms with Crippen LogP contribution >= 0.6 is 12.2 Å². The molecule has 0 aromatic heterocycles. The van der Waals surface area contributed by atoms with Crippen LogP contribution in [0.2, 0.25) is 4.24 Å². The summed E-state index contributed by atoms with van der Waals surface area (Å²) in [5, 5.41) is -0.236. The van der Waals surface area contributed by atoms with E-state index in [-0.39, 0.29) is 10.8 Å². The van der Waals surface area contributed by atoms with Crippen LogP contribution in [0.1, 0.15) is 0 Å². The maximum atomic E-state index is 6.36. The van der Waals surface area contributed by atoms with Crippen molar-refractivity contribution in [3.05, 3.63) is 0 Å². The lowest BCUT2D eigenvalue weighted by atomic mass is 11.3. The molecule has 24 valence electrons. The van der Waals surface area contributed by atoms with Gasteiger partial charge in [0, 0.05) is 0 Å².